The lowest BCUT2D eigenvalue weighted by atomic mass is 10.2. The van der Waals surface area contributed by atoms with Gasteiger partial charge in [0.25, 0.3) is 12.9 Å². The van der Waals surface area contributed by atoms with Crippen molar-refractivity contribution < 1.29 is 17.6 Å². The zero-order chi connectivity index (χ0) is 11.7. The van der Waals surface area contributed by atoms with Crippen LogP contribution in [0.4, 0.5) is 17.6 Å². The predicted octanol–water partition coefficient (Wildman–Crippen LogP) is 3.65. The average Bonchev–Trinajstić information content (AvgIpc) is 2.42. The van der Waals surface area contributed by atoms with Crippen LogP contribution in [0, 0.1) is 6.92 Å². The molecular weight excluding hydrogens is 212 g/mol. The minimum absolute atomic E-state index is 0.117. The lowest BCUT2D eigenvalue weighted by Gasteiger charge is -2.10. The molecule has 1 aromatic heterocycles. The summed E-state index contributed by atoms with van der Waals surface area (Å²) in [7, 11) is 0. The van der Waals surface area contributed by atoms with Crippen LogP contribution in [0.2, 0.25) is 0 Å². The first-order valence-electron chi connectivity index (χ1n) is 4.51. The molecule has 1 aromatic rings. The summed E-state index contributed by atoms with van der Waals surface area (Å²) in [6, 6.07) is -0.361. The lowest BCUT2D eigenvalue weighted by molar-refractivity contribution is 0.136. The quantitative estimate of drug-likeness (QED) is 0.716. The Balaban J connectivity index is 3.33. The van der Waals surface area contributed by atoms with Crippen LogP contribution >= 0.6 is 0 Å². The van der Waals surface area contributed by atoms with Crippen LogP contribution in [-0.4, -0.2) is 9.78 Å². The molecule has 2 nitrogen and oxygen atoms in total. The molecule has 0 N–H and O–H groups in total. The summed E-state index contributed by atoms with van der Waals surface area (Å²) in [5, 5.41) is 3.52. The maximum Gasteiger partial charge on any atom is 0.282 e. The van der Waals surface area contributed by atoms with E-state index in [0.717, 1.165) is 4.68 Å². The van der Waals surface area contributed by atoms with Crippen molar-refractivity contribution in [2.75, 3.05) is 0 Å². The Kier molecular flexibility index (Phi) is 3.36. The SMILES string of the molecule is Cc1c(C(F)F)nn(C(C)C)c1C(F)F. The third kappa shape index (κ3) is 2.13. The fraction of sp³-hybridized carbons (Fsp3) is 0.667. The van der Waals surface area contributed by atoms with Gasteiger partial charge in [-0.2, -0.15) is 5.10 Å². The highest BCUT2D eigenvalue weighted by molar-refractivity contribution is 5.27. The van der Waals surface area contributed by atoms with Crippen LogP contribution in [0.3, 0.4) is 0 Å². The molecule has 0 radical (unpaired) electrons. The van der Waals surface area contributed by atoms with Crippen LogP contribution in [-0.2, 0) is 0 Å². The van der Waals surface area contributed by atoms with E-state index >= 15 is 0 Å². The molecule has 0 amide bonds. The number of halogens is 4. The molecule has 0 spiro atoms. The van der Waals surface area contributed by atoms with E-state index in [-0.39, 0.29) is 11.6 Å². The van der Waals surface area contributed by atoms with Gasteiger partial charge in [-0.1, -0.05) is 0 Å². The van der Waals surface area contributed by atoms with Gasteiger partial charge in [-0.15, -0.1) is 0 Å². The summed E-state index contributed by atoms with van der Waals surface area (Å²) in [6.07, 6.45) is -5.60. The van der Waals surface area contributed by atoms with E-state index in [2.05, 4.69) is 5.10 Å². The first-order valence-corrected chi connectivity index (χ1v) is 4.51. The van der Waals surface area contributed by atoms with Crippen molar-refractivity contribution in [3.63, 3.8) is 0 Å². The minimum Gasteiger partial charge on any atom is -0.261 e. The largest absolute Gasteiger partial charge is 0.282 e. The molecule has 15 heavy (non-hydrogen) atoms. The first kappa shape index (κ1) is 12.0. The van der Waals surface area contributed by atoms with E-state index in [9.17, 15) is 17.6 Å². The molecule has 0 atom stereocenters. The predicted molar refractivity (Wildman–Crippen MR) is 47.3 cm³/mol. The topological polar surface area (TPSA) is 17.8 Å². The summed E-state index contributed by atoms with van der Waals surface area (Å²) >= 11 is 0. The van der Waals surface area contributed by atoms with Crippen LogP contribution in [0.15, 0.2) is 0 Å². The molecule has 1 heterocycles. The monoisotopic (exact) mass is 224 g/mol. The van der Waals surface area contributed by atoms with Crippen molar-refractivity contribution in [3.05, 3.63) is 17.0 Å². The van der Waals surface area contributed by atoms with Crippen LogP contribution in [0.5, 0.6) is 0 Å². The number of hydrogen-bond acceptors (Lipinski definition) is 1. The van der Waals surface area contributed by atoms with Crippen molar-refractivity contribution in [2.45, 2.75) is 39.7 Å². The summed E-state index contributed by atoms with van der Waals surface area (Å²) in [5.74, 6) is 0. The number of aromatic nitrogens is 2. The van der Waals surface area contributed by atoms with Crippen LogP contribution < -0.4 is 0 Å². The minimum atomic E-state index is -2.82. The molecule has 1 rings (SSSR count). The van der Waals surface area contributed by atoms with Gasteiger partial charge >= 0.3 is 0 Å². The van der Waals surface area contributed by atoms with Gasteiger partial charge in [-0.05, 0) is 20.8 Å². The molecule has 0 saturated carbocycles. The Hall–Kier alpha value is -1.07. The van der Waals surface area contributed by atoms with Gasteiger partial charge in [0.05, 0.1) is 0 Å². The molecule has 0 saturated heterocycles. The smallest absolute Gasteiger partial charge is 0.261 e. The molecule has 0 aliphatic rings. The molecular formula is C9H12F4N2. The average molecular weight is 224 g/mol. The summed E-state index contributed by atoms with van der Waals surface area (Å²) in [5.41, 5.74) is -1.09. The molecule has 0 bridgehead atoms. The molecule has 6 heteroatoms. The number of nitrogens with zero attached hydrogens (tertiary/aromatic N) is 2. The first-order chi connectivity index (χ1) is 6.86. The Morgan fingerprint density at radius 1 is 1.07 bits per heavy atom. The van der Waals surface area contributed by atoms with E-state index < -0.39 is 24.2 Å². The van der Waals surface area contributed by atoms with Crippen molar-refractivity contribution in [1.82, 2.24) is 9.78 Å². The Morgan fingerprint density at radius 2 is 1.60 bits per heavy atom. The number of hydrogen-bond donors (Lipinski definition) is 0. The molecule has 0 fully saturated rings. The highest BCUT2D eigenvalue weighted by Gasteiger charge is 2.26. The molecule has 0 aromatic carbocycles. The maximum atomic E-state index is 12.6. The summed E-state index contributed by atoms with van der Waals surface area (Å²) in [6.45, 7) is 4.48. The standard InChI is InChI=1S/C9H12F4N2/c1-4(2)15-7(9(12)13)5(3)6(14-15)8(10)11/h4,8-9H,1-3H3. The van der Waals surface area contributed by atoms with Crippen molar-refractivity contribution in [1.29, 1.82) is 0 Å². The Bertz CT molecular complexity index is 344. The van der Waals surface area contributed by atoms with Crippen molar-refractivity contribution in [2.24, 2.45) is 0 Å². The second-order valence-electron chi connectivity index (χ2n) is 3.54. The molecule has 0 unspecified atom stereocenters. The Morgan fingerprint density at radius 3 is 1.87 bits per heavy atom. The van der Waals surface area contributed by atoms with Gasteiger partial charge < -0.3 is 0 Å². The van der Waals surface area contributed by atoms with Gasteiger partial charge in [0.1, 0.15) is 11.4 Å². The second-order valence-corrected chi connectivity index (χ2v) is 3.54. The number of rotatable bonds is 3. The van der Waals surface area contributed by atoms with E-state index in [1.165, 1.54) is 6.92 Å². The van der Waals surface area contributed by atoms with Crippen molar-refractivity contribution in [3.8, 4) is 0 Å². The number of alkyl halides is 4. The third-order valence-electron chi connectivity index (χ3n) is 2.13. The fourth-order valence-electron chi connectivity index (χ4n) is 1.41. The molecule has 0 aliphatic heterocycles. The van der Waals surface area contributed by atoms with Gasteiger partial charge in [-0.3, -0.25) is 4.68 Å². The van der Waals surface area contributed by atoms with Crippen molar-refractivity contribution >= 4 is 0 Å². The van der Waals surface area contributed by atoms with E-state index in [0.29, 0.717) is 0 Å². The normalized spacial score (nSPS) is 12.1. The maximum absolute atomic E-state index is 12.6. The van der Waals surface area contributed by atoms with E-state index in [1.54, 1.807) is 13.8 Å². The van der Waals surface area contributed by atoms with Gasteiger partial charge in [0, 0.05) is 11.6 Å². The zero-order valence-corrected chi connectivity index (χ0v) is 8.64. The molecule has 86 valence electrons. The van der Waals surface area contributed by atoms with Crippen LogP contribution in [0.1, 0.15) is 49.7 Å². The Labute approximate surface area is 84.9 Å². The highest BCUT2D eigenvalue weighted by atomic mass is 19.3. The third-order valence-corrected chi connectivity index (χ3v) is 2.13. The van der Waals surface area contributed by atoms with Gasteiger partial charge in [0.2, 0.25) is 0 Å². The summed E-state index contributed by atoms with van der Waals surface area (Å²) in [4.78, 5) is 0. The van der Waals surface area contributed by atoms with Crippen LogP contribution in [0.25, 0.3) is 0 Å². The fourth-order valence-corrected chi connectivity index (χ4v) is 1.41. The van der Waals surface area contributed by atoms with Gasteiger partial charge in [-0.25, -0.2) is 17.6 Å². The summed E-state index contributed by atoms with van der Waals surface area (Å²) < 4.78 is 51.1. The zero-order valence-electron chi connectivity index (χ0n) is 8.64. The lowest BCUT2D eigenvalue weighted by Crippen LogP contribution is -2.08. The molecule has 0 aliphatic carbocycles. The van der Waals surface area contributed by atoms with Gasteiger partial charge in [0.15, 0.2) is 0 Å². The highest BCUT2D eigenvalue weighted by Crippen LogP contribution is 2.31. The second kappa shape index (κ2) is 4.20. The van der Waals surface area contributed by atoms with E-state index in [1.807, 2.05) is 0 Å². The van der Waals surface area contributed by atoms with E-state index in [4.69, 9.17) is 0 Å².